The molecule has 0 saturated heterocycles. The van der Waals surface area contributed by atoms with E-state index in [0.29, 0.717) is 37.9 Å². The number of carbonyl (C=O) groups is 2. The normalized spacial score (nSPS) is 12.4. The van der Waals surface area contributed by atoms with E-state index in [1.54, 1.807) is 0 Å². The van der Waals surface area contributed by atoms with Gasteiger partial charge in [0.25, 0.3) is 0 Å². The molecule has 0 amide bonds. The number of carbonyl (C=O) groups excluding carboxylic acids is 2. The van der Waals surface area contributed by atoms with Gasteiger partial charge in [0, 0.05) is 12.8 Å². The summed E-state index contributed by atoms with van der Waals surface area (Å²) in [5.41, 5.74) is 0. The highest BCUT2D eigenvalue weighted by molar-refractivity contribution is 5.69. The maximum Gasteiger partial charge on any atom is 0.305 e. The summed E-state index contributed by atoms with van der Waals surface area (Å²) in [6, 6.07) is 0. The molecule has 2 unspecified atom stereocenters. The number of hydrogen-bond acceptors (Lipinski definition) is 4. The van der Waals surface area contributed by atoms with Crippen LogP contribution in [0.25, 0.3) is 0 Å². The number of unbranched alkanes of at least 4 members (excludes halogenated alkanes) is 25. The van der Waals surface area contributed by atoms with Gasteiger partial charge in [0.2, 0.25) is 0 Å². The average Bonchev–Trinajstić information content (AvgIpc) is 3.18. The Morgan fingerprint density at radius 2 is 0.648 bits per heavy atom. The molecular weight excluding hydrogens is 665 g/mol. The average molecular weight is 763 g/mol. The fraction of sp³-hybridized carbons (Fsp3) is 0.920. The summed E-state index contributed by atoms with van der Waals surface area (Å²) in [6.07, 6.45) is 49.7. The van der Waals surface area contributed by atoms with Crippen molar-refractivity contribution in [1.82, 2.24) is 0 Å². The Hall–Kier alpha value is -1.32. The minimum absolute atomic E-state index is 0.00701. The SMILES string of the molecule is CCCCCCCC/C=C\CCCCCCCC(=O)OCC(CC)CCCC.CCCCCCCCCCCCCCCC(=O)OCC(CC)CCCC. The summed E-state index contributed by atoms with van der Waals surface area (Å²) < 4.78 is 10.9. The Balaban J connectivity index is 0. The van der Waals surface area contributed by atoms with E-state index in [4.69, 9.17) is 9.47 Å². The summed E-state index contributed by atoms with van der Waals surface area (Å²) in [6.45, 7) is 14.6. The molecule has 0 heterocycles. The third-order valence-corrected chi connectivity index (χ3v) is 11.2. The molecule has 0 aliphatic carbocycles. The van der Waals surface area contributed by atoms with Gasteiger partial charge in [-0.25, -0.2) is 0 Å². The molecule has 322 valence electrons. The first kappa shape index (κ1) is 54.8. The lowest BCUT2D eigenvalue weighted by molar-refractivity contribution is -0.146. The van der Waals surface area contributed by atoms with Crippen molar-refractivity contribution < 1.29 is 19.1 Å². The van der Waals surface area contributed by atoms with Gasteiger partial charge < -0.3 is 9.47 Å². The zero-order valence-electron chi connectivity index (χ0n) is 37.8. The van der Waals surface area contributed by atoms with Crippen molar-refractivity contribution in [3.8, 4) is 0 Å². The molecule has 2 atom stereocenters. The molecule has 0 aliphatic heterocycles. The third-order valence-electron chi connectivity index (χ3n) is 11.2. The van der Waals surface area contributed by atoms with Crippen LogP contribution in [0, 0.1) is 11.8 Å². The van der Waals surface area contributed by atoms with E-state index < -0.39 is 0 Å². The number of allylic oxidation sites excluding steroid dienone is 2. The van der Waals surface area contributed by atoms with Gasteiger partial charge in [-0.15, -0.1) is 0 Å². The first-order chi connectivity index (χ1) is 26.5. The Morgan fingerprint density at radius 3 is 0.944 bits per heavy atom. The predicted molar refractivity (Wildman–Crippen MR) is 238 cm³/mol. The predicted octanol–water partition coefficient (Wildman–Crippen LogP) is 17.0. The van der Waals surface area contributed by atoms with Gasteiger partial charge in [-0.2, -0.15) is 0 Å². The van der Waals surface area contributed by atoms with Gasteiger partial charge >= 0.3 is 11.9 Å². The molecule has 0 N–H and O–H groups in total. The lowest BCUT2D eigenvalue weighted by atomic mass is 10.0. The van der Waals surface area contributed by atoms with Crippen molar-refractivity contribution in [1.29, 1.82) is 0 Å². The summed E-state index contributed by atoms with van der Waals surface area (Å²) in [5.74, 6) is 1.14. The first-order valence-electron chi connectivity index (χ1n) is 24.4. The Morgan fingerprint density at radius 1 is 0.370 bits per heavy atom. The van der Waals surface area contributed by atoms with Crippen LogP contribution in [-0.4, -0.2) is 25.2 Å². The fourth-order valence-corrected chi connectivity index (χ4v) is 6.99. The highest BCUT2D eigenvalue weighted by Crippen LogP contribution is 2.17. The summed E-state index contributed by atoms with van der Waals surface area (Å²) in [4.78, 5) is 23.7. The summed E-state index contributed by atoms with van der Waals surface area (Å²) >= 11 is 0. The zero-order chi connectivity index (χ0) is 40.0. The molecule has 0 bridgehead atoms. The second-order valence-corrected chi connectivity index (χ2v) is 16.5. The molecule has 0 radical (unpaired) electrons. The molecule has 0 aromatic carbocycles. The van der Waals surface area contributed by atoms with Crippen LogP contribution < -0.4 is 0 Å². The van der Waals surface area contributed by atoms with Gasteiger partial charge in [0.05, 0.1) is 13.2 Å². The van der Waals surface area contributed by atoms with E-state index in [9.17, 15) is 9.59 Å². The van der Waals surface area contributed by atoms with E-state index in [1.165, 1.54) is 186 Å². The largest absolute Gasteiger partial charge is 0.465 e. The van der Waals surface area contributed by atoms with Gasteiger partial charge in [-0.3, -0.25) is 9.59 Å². The van der Waals surface area contributed by atoms with Crippen LogP contribution in [0.4, 0.5) is 0 Å². The molecule has 0 aromatic rings. The lowest BCUT2D eigenvalue weighted by Gasteiger charge is -2.14. The van der Waals surface area contributed by atoms with Crippen LogP contribution in [0.2, 0.25) is 0 Å². The molecule has 0 saturated carbocycles. The second-order valence-electron chi connectivity index (χ2n) is 16.5. The number of hydrogen-bond donors (Lipinski definition) is 0. The van der Waals surface area contributed by atoms with Crippen molar-refractivity contribution in [2.75, 3.05) is 13.2 Å². The topological polar surface area (TPSA) is 52.6 Å². The Bertz CT molecular complexity index is 762. The zero-order valence-corrected chi connectivity index (χ0v) is 37.8. The first-order valence-corrected chi connectivity index (χ1v) is 24.4. The van der Waals surface area contributed by atoms with E-state index in [1.807, 2.05) is 0 Å². The van der Waals surface area contributed by atoms with Crippen molar-refractivity contribution in [3.63, 3.8) is 0 Å². The van der Waals surface area contributed by atoms with Gasteiger partial charge in [0.1, 0.15) is 0 Å². The minimum atomic E-state index is 0.00701. The quantitative estimate of drug-likeness (QED) is 0.0354. The van der Waals surface area contributed by atoms with Crippen LogP contribution in [-0.2, 0) is 19.1 Å². The van der Waals surface area contributed by atoms with E-state index in [-0.39, 0.29) is 11.9 Å². The highest BCUT2D eigenvalue weighted by atomic mass is 16.5. The highest BCUT2D eigenvalue weighted by Gasteiger charge is 2.11. The third kappa shape index (κ3) is 45.1. The minimum Gasteiger partial charge on any atom is -0.465 e. The molecule has 0 spiro atoms. The van der Waals surface area contributed by atoms with Crippen LogP contribution in [0.5, 0.6) is 0 Å². The maximum atomic E-state index is 11.8. The fourth-order valence-electron chi connectivity index (χ4n) is 6.99. The summed E-state index contributed by atoms with van der Waals surface area (Å²) in [7, 11) is 0. The molecule has 0 rings (SSSR count). The maximum absolute atomic E-state index is 11.8. The van der Waals surface area contributed by atoms with Crippen molar-refractivity contribution in [2.45, 2.75) is 273 Å². The standard InChI is InChI=1S/C26H50O2.C24H48O2/c1-4-7-9-10-11-12-13-14-15-16-17-18-19-20-21-23-26(27)28-24-25(6-3)22-8-5-2;1-4-7-9-10-11-12-13-14-15-16-17-18-19-21-24(25)26-22-23(6-3)20-8-5-2/h14-15,25H,4-13,16-24H2,1-3H3;23H,4-22H2,1-3H3/b15-14-;. The van der Waals surface area contributed by atoms with Crippen LogP contribution in [0.15, 0.2) is 12.2 Å². The Labute approximate surface area is 339 Å². The van der Waals surface area contributed by atoms with Crippen LogP contribution in [0.3, 0.4) is 0 Å². The van der Waals surface area contributed by atoms with Crippen molar-refractivity contribution in [2.24, 2.45) is 11.8 Å². The van der Waals surface area contributed by atoms with Gasteiger partial charge in [-0.05, 0) is 63.2 Å². The Kier molecular flexibility index (Phi) is 48.5. The van der Waals surface area contributed by atoms with Crippen molar-refractivity contribution >= 4 is 11.9 Å². The molecule has 0 aromatic heterocycles. The molecule has 4 heteroatoms. The molecule has 4 nitrogen and oxygen atoms in total. The lowest BCUT2D eigenvalue weighted by Crippen LogP contribution is -2.13. The smallest absolute Gasteiger partial charge is 0.305 e. The van der Waals surface area contributed by atoms with Gasteiger partial charge in [-0.1, -0.05) is 221 Å². The molecule has 0 aliphatic rings. The van der Waals surface area contributed by atoms with E-state index in [2.05, 4.69) is 53.7 Å². The molecular formula is C50H98O4. The molecule has 54 heavy (non-hydrogen) atoms. The van der Waals surface area contributed by atoms with E-state index in [0.717, 1.165) is 32.1 Å². The number of esters is 2. The van der Waals surface area contributed by atoms with Crippen LogP contribution in [0.1, 0.15) is 273 Å². The van der Waals surface area contributed by atoms with Crippen molar-refractivity contribution in [3.05, 3.63) is 12.2 Å². The molecule has 0 fully saturated rings. The van der Waals surface area contributed by atoms with Crippen LogP contribution >= 0.6 is 0 Å². The second kappa shape index (κ2) is 47.8. The number of rotatable bonds is 41. The van der Waals surface area contributed by atoms with Gasteiger partial charge in [0.15, 0.2) is 0 Å². The number of ether oxygens (including phenoxy) is 2. The van der Waals surface area contributed by atoms with E-state index >= 15 is 0 Å². The summed E-state index contributed by atoms with van der Waals surface area (Å²) in [5, 5.41) is 0. The monoisotopic (exact) mass is 763 g/mol.